The van der Waals surface area contributed by atoms with Gasteiger partial charge in [-0.2, -0.15) is 0 Å². The molecule has 3 aromatic carbocycles. The van der Waals surface area contributed by atoms with E-state index in [1.807, 2.05) is 37.3 Å². The van der Waals surface area contributed by atoms with Crippen LogP contribution in [0.25, 0.3) is 0 Å². The van der Waals surface area contributed by atoms with Crippen molar-refractivity contribution < 1.29 is 22.7 Å². The van der Waals surface area contributed by atoms with Gasteiger partial charge in [0.2, 0.25) is 11.8 Å². The van der Waals surface area contributed by atoms with Gasteiger partial charge in [0.1, 0.15) is 18.3 Å². The largest absolute Gasteiger partial charge is 0.492 e. The second-order valence-corrected chi connectivity index (χ2v) is 10.6. The summed E-state index contributed by atoms with van der Waals surface area (Å²) < 4.78 is 34.5. The van der Waals surface area contributed by atoms with Gasteiger partial charge in [0, 0.05) is 13.1 Å². The third-order valence-corrected chi connectivity index (χ3v) is 7.73. The fraction of sp³-hybridized carbons (Fsp3) is 0.310. The van der Waals surface area contributed by atoms with Crippen LogP contribution in [0.15, 0.2) is 89.8 Å². The highest BCUT2D eigenvalue weighted by Crippen LogP contribution is 2.32. The van der Waals surface area contributed by atoms with Gasteiger partial charge in [-0.25, -0.2) is 8.42 Å². The smallest absolute Gasteiger partial charge is 0.264 e. The molecule has 0 aliphatic heterocycles. The van der Waals surface area contributed by atoms with Crippen LogP contribution in [0.2, 0.25) is 0 Å². The molecule has 3 aromatic rings. The minimum absolute atomic E-state index is 0.0439. The van der Waals surface area contributed by atoms with E-state index in [1.54, 1.807) is 56.3 Å². The number of carbonyl (C=O) groups excluding carboxylic acids is 2. The molecule has 1 N–H and O–H groups in total. The van der Waals surface area contributed by atoms with Crippen molar-refractivity contribution in [3.05, 3.63) is 90.5 Å². The number of para-hydroxylation sites is 2. The summed E-state index contributed by atoms with van der Waals surface area (Å²) in [5.74, 6) is -0.479. The third-order valence-electron chi connectivity index (χ3n) is 5.96. The average molecular weight is 538 g/mol. The Bertz CT molecular complexity index is 1300. The fourth-order valence-electron chi connectivity index (χ4n) is 3.93. The molecule has 0 aromatic heterocycles. The summed E-state index contributed by atoms with van der Waals surface area (Å²) in [5.41, 5.74) is 1.07. The minimum Gasteiger partial charge on any atom is -0.492 e. The molecule has 202 valence electrons. The van der Waals surface area contributed by atoms with E-state index in [1.165, 1.54) is 17.0 Å². The predicted molar refractivity (Wildman–Crippen MR) is 148 cm³/mol. The summed E-state index contributed by atoms with van der Waals surface area (Å²) in [5, 5.41) is 2.84. The molecule has 0 fully saturated rings. The molecule has 0 bridgehead atoms. The normalized spacial score (nSPS) is 11.9. The number of hydrogen-bond donors (Lipinski definition) is 1. The molecule has 3 rings (SSSR count). The van der Waals surface area contributed by atoms with Crippen molar-refractivity contribution in [2.45, 2.75) is 44.7 Å². The Morgan fingerprint density at radius 3 is 2.13 bits per heavy atom. The van der Waals surface area contributed by atoms with E-state index < -0.39 is 28.5 Å². The molecular weight excluding hydrogens is 502 g/mol. The standard InChI is InChI=1S/C29H35N3O5S/c1-4-20-30-29(34)23(3)31(21-24-14-8-6-9-15-24)28(33)22-32(26-18-12-13-19-27(26)37-5-2)38(35,36)25-16-10-7-11-17-25/h6-19,23H,4-5,20-22H2,1-3H3,(H,30,34). The Balaban J connectivity index is 2.04. The number of anilines is 1. The molecule has 1 atom stereocenters. The quantitative estimate of drug-likeness (QED) is 0.352. The Hall–Kier alpha value is -3.85. The summed E-state index contributed by atoms with van der Waals surface area (Å²) in [4.78, 5) is 28.2. The molecule has 1 unspecified atom stereocenters. The molecule has 0 heterocycles. The van der Waals surface area contributed by atoms with E-state index in [0.29, 0.717) is 18.9 Å². The van der Waals surface area contributed by atoms with Gasteiger partial charge in [-0.3, -0.25) is 13.9 Å². The first-order chi connectivity index (χ1) is 18.3. The van der Waals surface area contributed by atoms with Crippen molar-refractivity contribution >= 4 is 27.5 Å². The topological polar surface area (TPSA) is 96.0 Å². The van der Waals surface area contributed by atoms with Crippen molar-refractivity contribution in [2.24, 2.45) is 0 Å². The summed E-state index contributed by atoms with van der Waals surface area (Å²) >= 11 is 0. The van der Waals surface area contributed by atoms with Gasteiger partial charge in [0.25, 0.3) is 10.0 Å². The summed E-state index contributed by atoms with van der Waals surface area (Å²) in [6, 6.07) is 23.1. The van der Waals surface area contributed by atoms with Crippen molar-refractivity contribution in [1.82, 2.24) is 10.2 Å². The van der Waals surface area contributed by atoms with Gasteiger partial charge in [0.05, 0.1) is 17.2 Å². The van der Waals surface area contributed by atoms with Crippen molar-refractivity contribution in [2.75, 3.05) is 24.0 Å². The van der Waals surface area contributed by atoms with Crippen molar-refractivity contribution in [1.29, 1.82) is 0 Å². The maximum Gasteiger partial charge on any atom is 0.264 e. The highest BCUT2D eigenvalue weighted by molar-refractivity contribution is 7.92. The van der Waals surface area contributed by atoms with Crippen LogP contribution in [0.4, 0.5) is 5.69 Å². The number of carbonyl (C=O) groups is 2. The van der Waals surface area contributed by atoms with Crippen LogP contribution >= 0.6 is 0 Å². The van der Waals surface area contributed by atoms with E-state index in [4.69, 9.17) is 4.74 Å². The SMILES string of the molecule is CCCNC(=O)C(C)N(Cc1ccccc1)C(=O)CN(c1ccccc1OCC)S(=O)(=O)c1ccccc1. The van der Waals surface area contributed by atoms with Gasteiger partial charge in [-0.1, -0.05) is 67.6 Å². The molecule has 0 aliphatic rings. The van der Waals surface area contributed by atoms with Gasteiger partial charge >= 0.3 is 0 Å². The number of rotatable bonds is 13. The van der Waals surface area contributed by atoms with Crippen LogP contribution < -0.4 is 14.4 Å². The molecule has 38 heavy (non-hydrogen) atoms. The second kappa shape index (κ2) is 13.6. The van der Waals surface area contributed by atoms with E-state index in [9.17, 15) is 18.0 Å². The monoisotopic (exact) mass is 537 g/mol. The number of benzene rings is 3. The summed E-state index contributed by atoms with van der Waals surface area (Å²) in [6.45, 7) is 5.82. The fourth-order valence-corrected chi connectivity index (χ4v) is 5.38. The first kappa shape index (κ1) is 28.7. The van der Waals surface area contributed by atoms with E-state index in [-0.39, 0.29) is 23.0 Å². The Kier molecular flexibility index (Phi) is 10.3. The lowest BCUT2D eigenvalue weighted by Gasteiger charge is -2.32. The number of amides is 2. The highest BCUT2D eigenvalue weighted by Gasteiger charge is 2.33. The minimum atomic E-state index is -4.15. The van der Waals surface area contributed by atoms with Crippen LogP contribution in [-0.2, 0) is 26.2 Å². The van der Waals surface area contributed by atoms with Crippen molar-refractivity contribution in [3.63, 3.8) is 0 Å². The van der Waals surface area contributed by atoms with Gasteiger partial charge in [0.15, 0.2) is 0 Å². The average Bonchev–Trinajstić information content (AvgIpc) is 2.94. The maximum atomic E-state index is 13.9. The summed E-state index contributed by atoms with van der Waals surface area (Å²) in [6.07, 6.45) is 0.752. The Morgan fingerprint density at radius 1 is 0.895 bits per heavy atom. The van der Waals surface area contributed by atoms with Gasteiger partial charge in [-0.05, 0) is 50.1 Å². The number of nitrogens with zero attached hydrogens (tertiary/aromatic N) is 2. The van der Waals surface area contributed by atoms with Crippen LogP contribution in [0, 0.1) is 0 Å². The molecule has 0 saturated heterocycles. The summed E-state index contributed by atoms with van der Waals surface area (Å²) in [7, 11) is -4.15. The zero-order valence-electron chi connectivity index (χ0n) is 22.0. The number of ether oxygens (including phenoxy) is 1. The molecule has 0 radical (unpaired) electrons. The molecule has 8 nitrogen and oxygen atoms in total. The third kappa shape index (κ3) is 7.13. The van der Waals surface area contributed by atoms with Crippen LogP contribution in [0.1, 0.15) is 32.8 Å². The Labute approximate surface area is 225 Å². The lowest BCUT2D eigenvalue weighted by molar-refractivity contribution is -0.139. The zero-order chi connectivity index (χ0) is 27.5. The lowest BCUT2D eigenvalue weighted by Crippen LogP contribution is -2.51. The van der Waals surface area contributed by atoms with Gasteiger partial charge in [-0.15, -0.1) is 0 Å². The van der Waals surface area contributed by atoms with E-state index in [0.717, 1.165) is 16.3 Å². The lowest BCUT2D eigenvalue weighted by atomic mass is 10.1. The number of hydrogen-bond acceptors (Lipinski definition) is 5. The molecule has 9 heteroatoms. The van der Waals surface area contributed by atoms with E-state index >= 15 is 0 Å². The molecule has 0 spiro atoms. The van der Waals surface area contributed by atoms with Crippen molar-refractivity contribution in [3.8, 4) is 5.75 Å². The van der Waals surface area contributed by atoms with Crippen LogP contribution in [0.5, 0.6) is 5.75 Å². The van der Waals surface area contributed by atoms with E-state index in [2.05, 4.69) is 5.32 Å². The molecule has 0 aliphatic carbocycles. The van der Waals surface area contributed by atoms with Crippen LogP contribution in [0.3, 0.4) is 0 Å². The molecular formula is C29H35N3O5S. The highest BCUT2D eigenvalue weighted by atomic mass is 32.2. The first-order valence-corrected chi connectivity index (χ1v) is 14.1. The molecule has 0 saturated carbocycles. The molecule has 2 amide bonds. The van der Waals surface area contributed by atoms with Crippen LogP contribution in [-0.4, -0.2) is 50.9 Å². The van der Waals surface area contributed by atoms with Gasteiger partial charge < -0.3 is 15.0 Å². The second-order valence-electron chi connectivity index (χ2n) is 8.70. The number of nitrogens with one attached hydrogen (secondary N) is 1. The Morgan fingerprint density at radius 2 is 1.50 bits per heavy atom. The zero-order valence-corrected chi connectivity index (χ0v) is 22.9. The predicted octanol–water partition coefficient (Wildman–Crippen LogP) is 4.22. The number of sulfonamides is 1. The first-order valence-electron chi connectivity index (χ1n) is 12.7. The maximum absolute atomic E-state index is 13.9.